The van der Waals surface area contributed by atoms with E-state index in [2.05, 4.69) is 32.5 Å². The highest BCUT2D eigenvalue weighted by molar-refractivity contribution is 7.99. The van der Waals surface area contributed by atoms with Crippen LogP contribution in [0.15, 0.2) is 33.9 Å². The smallest absolute Gasteiger partial charge is 0.277 e. The average molecular weight is 395 g/mol. The van der Waals surface area contributed by atoms with E-state index < -0.39 is 0 Å². The van der Waals surface area contributed by atoms with Gasteiger partial charge in [-0.15, -0.1) is 10.2 Å². The fourth-order valence-corrected chi connectivity index (χ4v) is 3.72. The quantitative estimate of drug-likeness (QED) is 0.727. The van der Waals surface area contributed by atoms with Gasteiger partial charge in [0.05, 0.1) is 5.75 Å². The number of halogens is 1. The number of rotatable bonds is 7. The maximum absolute atomic E-state index is 12.2. The Bertz CT molecular complexity index is 722. The average Bonchev–Trinajstić information content (AvgIpc) is 3.10. The third kappa shape index (κ3) is 5.72. The van der Waals surface area contributed by atoms with Crippen molar-refractivity contribution in [2.75, 3.05) is 18.8 Å². The van der Waals surface area contributed by atoms with E-state index >= 15 is 0 Å². The number of benzene rings is 1. The van der Waals surface area contributed by atoms with Gasteiger partial charge in [0.1, 0.15) is 0 Å². The Kier molecular flexibility index (Phi) is 6.93. The first-order chi connectivity index (χ1) is 12.6. The van der Waals surface area contributed by atoms with E-state index in [9.17, 15) is 4.79 Å². The summed E-state index contributed by atoms with van der Waals surface area (Å²) in [6.45, 7) is 4.73. The molecule has 1 aromatic carbocycles. The maximum Gasteiger partial charge on any atom is 0.277 e. The molecule has 26 heavy (non-hydrogen) atoms. The van der Waals surface area contributed by atoms with Crippen LogP contribution in [-0.2, 0) is 17.8 Å². The Labute approximate surface area is 162 Å². The van der Waals surface area contributed by atoms with E-state index in [1.54, 1.807) is 0 Å². The second kappa shape index (κ2) is 9.39. The van der Waals surface area contributed by atoms with Crippen LogP contribution < -0.4 is 5.32 Å². The number of hydrogen-bond donors (Lipinski definition) is 1. The highest BCUT2D eigenvalue weighted by atomic mass is 35.5. The molecule has 0 radical (unpaired) electrons. The predicted octanol–water partition coefficient (Wildman–Crippen LogP) is 3.16. The summed E-state index contributed by atoms with van der Waals surface area (Å²) in [5.74, 6) is 0.890. The number of amides is 1. The highest BCUT2D eigenvalue weighted by Gasteiger charge is 2.21. The van der Waals surface area contributed by atoms with E-state index in [1.807, 2.05) is 19.1 Å². The summed E-state index contributed by atoms with van der Waals surface area (Å²) in [5.41, 5.74) is 1.24. The first kappa shape index (κ1) is 19.2. The molecular weight excluding hydrogens is 372 g/mol. The topological polar surface area (TPSA) is 71.3 Å². The van der Waals surface area contributed by atoms with Gasteiger partial charge in [-0.3, -0.25) is 9.69 Å². The Morgan fingerprint density at radius 2 is 2.19 bits per heavy atom. The van der Waals surface area contributed by atoms with Gasteiger partial charge in [0, 0.05) is 30.6 Å². The molecule has 1 N–H and O–H groups in total. The number of nitrogens with zero attached hydrogens (tertiary/aromatic N) is 3. The third-order valence-electron chi connectivity index (χ3n) is 4.27. The van der Waals surface area contributed by atoms with Crippen LogP contribution in [0.2, 0.25) is 5.02 Å². The number of aromatic nitrogens is 2. The molecule has 1 unspecified atom stereocenters. The number of thioether (sulfide) groups is 1. The van der Waals surface area contributed by atoms with E-state index in [4.69, 9.17) is 16.0 Å². The highest BCUT2D eigenvalue weighted by Crippen LogP contribution is 2.18. The maximum atomic E-state index is 12.2. The van der Waals surface area contributed by atoms with Crippen molar-refractivity contribution in [3.8, 4) is 0 Å². The van der Waals surface area contributed by atoms with Gasteiger partial charge in [0.25, 0.3) is 5.22 Å². The minimum absolute atomic E-state index is 0.00425. The molecule has 1 aromatic heterocycles. The molecule has 1 aliphatic heterocycles. The SMILES string of the molecule is CCc1nnc(SCC(=O)NC2CCCN(Cc3ccc(Cl)cc3)C2)o1. The lowest BCUT2D eigenvalue weighted by Crippen LogP contribution is -2.47. The van der Waals surface area contributed by atoms with E-state index in [0.29, 0.717) is 23.3 Å². The first-order valence-corrected chi connectivity index (χ1v) is 10.2. The number of hydrogen-bond acceptors (Lipinski definition) is 6. The van der Waals surface area contributed by atoms with E-state index in [0.717, 1.165) is 37.5 Å². The number of carbonyl (C=O) groups excluding carboxylic acids is 1. The molecule has 1 amide bonds. The lowest BCUT2D eigenvalue weighted by Gasteiger charge is -2.33. The molecule has 8 heteroatoms. The van der Waals surface area contributed by atoms with Gasteiger partial charge in [-0.2, -0.15) is 0 Å². The van der Waals surface area contributed by atoms with Crippen LogP contribution in [0, 0.1) is 0 Å². The molecule has 6 nitrogen and oxygen atoms in total. The summed E-state index contributed by atoms with van der Waals surface area (Å²) in [6.07, 6.45) is 2.79. The van der Waals surface area contributed by atoms with Gasteiger partial charge >= 0.3 is 0 Å². The van der Waals surface area contributed by atoms with E-state index in [-0.39, 0.29) is 11.9 Å². The van der Waals surface area contributed by atoms with E-state index in [1.165, 1.54) is 17.3 Å². The molecular formula is C18H23ClN4O2S. The van der Waals surface area contributed by atoms with Crippen molar-refractivity contribution in [3.05, 3.63) is 40.7 Å². The van der Waals surface area contributed by atoms with Crippen molar-refractivity contribution >= 4 is 29.3 Å². The molecule has 3 rings (SSSR count). The number of carbonyl (C=O) groups is 1. The van der Waals surface area contributed by atoms with Crippen molar-refractivity contribution in [2.24, 2.45) is 0 Å². The molecule has 0 saturated carbocycles. The van der Waals surface area contributed by atoms with Crippen LogP contribution >= 0.6 is 23.4 Å². The zero-order valence-corrected chi connectivity index (χ0v) is 16.4. The molecule has 0 spiro atoms. The molecule has 140 valence electrons. The number of piperidine rings is 1. The van der Waals surface area contributed by atoms with Crippen LogP contribution in [0.25, 0.3) is 0 Å². The van der Waals surface area contributed by atoms with Gasteiger partial charge in [0.2, 0.25) is 11.8 Å². The second-order valence-electron chi connectivity index (χ2n) is 6.37. The van der Waals surface area contributed by atoms with Crippen LogP contribution in [0.5, 0.6) is 0 Å². The zero-order chi connectivity index (χ0) is 18.4. The summed E-state index contributed by atoms with van der Waals surface area (Å²) < 4.78 is 5.41. The van der Waals surface area contributed by atoms with Crippen molar-refractivity contribution in [1.29, 1.82) is 0 Å². The van der Waals surface area contributed by atoms with Crippen LogP contribution in [0.1, 0.15) is 31.2 Å². The first-order valence-electron chi connectivity index (χ1n) is 8.83. The zero-order valence-electron chi connectivity index (χ0n) is 14.8. The normalized spacial score (nSPS) is 18.0. The van der Waals surface area contributed by atoms with Gasteiger partial charge in [-0.25, -0.2) is 0 Å². The second-order valence-corrected chi connectivity index (χ2v) is 7.74. The molecule has 1 saturated heterocycles. The summed E-state index contributed by atoms with van der Waals surface area (Å²) in [6, 6.07) is 8.11. The number of aryl methyl sites for hydroxylation is 1. The van der Waals surface area contributed by atoms with Gasteiger partial charge in [-0.1, -0.05) is 42.4 Å². The van der Waals surface area contributed by atoms with Crippen molar-refractivity contribution in [3.63, 3.8) is 0 Å². The summed E-state index contributed by atoms with van der Waals surface area (Å²) in [5, 5.41) is 12.1. The Hall–Kier alpha value is -1.57. The lowest BCUT2D eigenvalue weighted by atomic mass is 10.0. The fourth-order valence-electron chi connectivity index (χ4n) is 3.00. The molecule has 1 aliphatic rings. The van der Waals surface area contributed by atoms with Crippen LogP contribution in [-0.4, -0.2) is 45.9 Å². The lowest BCUT2D eigenvalue weighted by molar-refractivity contribution is -0.119. The molecule has 0 bridgehead atoms. The van der Waals surface area contributed by atoms with Gasteiger partial charge in [-0.05, 0) is 37.1 Å². The standard InChI is InChI=1S/C18H23ClN4O2S/c1-2-17-21-22-18(25-17)26-12-16(24)20-15-4-3-9-23(11-15)10-13-5-7-14(19)8-6-13/h5-8,15H,2-4,9-12H2,1H3,(H,20,24). The molecule has 1 fully saturated rings. The summed E-state index contributed by atoms with van der Waals surface area (Å²) >= 11 is 7.22. The van der Waals surface area contributed by atoms with Crippen LogP contribution in [0.4, 0.5) is 0 Å². The Morgan fingerprint density at radius 1 is 1.38 bits per heavy atom. The van der Waals surface area contributed by atoms with Crippen molar-refractivity contribution in [2.45, 2.75) is 44.0 Å². The van der Waals surface area contributed by atoms with Crippen molar-refractivity contribution < 1.29 is 9.21 Å². The molecule has 1 atom stereocenters. The minimum Gasteiger partial charge on any atom is -0.416 e. The summed E-state index contributed by atoms with van der Waals surface area (Å²) in [4.78, 5) is 14.6. The van der Waals surface area contributed by atoms with Crippen molar-refractivity contribution in [1.82, 2.24) is 20.4 Å². The van der Waals surface area contributed by atoms with Gasteiger partial charge < -0.3 is 9.73 Å². The Morgan fingerprint density at radius 3 is 2.92 bits per heavy atom. The largest absolute Gasteiger partial charge is 0.416 e. The summed E-state index contributed by atoms with van der Waals surface area (Å²) in [7, 11) is 0. The number of nitrogens with one attached hydrogen (secondary N) is 1. The molecule has 2 heterocycles. The van der Waals surface area contributed by atoms with Crippen LogP contribution in [0.3, 0.4) is 0 Å². The number of likely N-dealkylation sites (tertiary alicyclic amines) is 1. The Balaban J connectivity index is 1.43. The predicted molar refractivity (Wildman–Crippen MR) is 102 cm³/mol. The third-order valence-corrected chi connectivity index (χ3v) is 5.34. The minimum atomic E-state index is 0.00425. The van der Waals surface area contributed by atoms with Gasteiger partial charge in [0.15, 0.2) is 0 Å². The fraction of sp³-hybridized carbons (Fsp3) is 0.500. The monoisotopic (exact) mass is 394 g/mol. The molecule has 0 aliphatic carbocycles. The molecule has 2 aromatic rings.